The fourth-order valence-corrected chi connectivity index (χ4v) is 2.37. The standard InChI is InChI=1S/C15H18N6/c1-3-16-14(8-11-10-21(2)20-19-11)15-9-17-12-6-4-5-7-13(12)18-15/h4-7,9-10,14,16H,3,8H2,1-2H3. The van der Waals surface area contributed by atoms with Gasteiger partial charge in [-0.1, -0.05) is 24.3 Å². The van der Waals surface area contributed by atoms with E-state index >= 15 is 0 Å². The molecular weight excluding hydrogens is 264 g/mol. The first-order chi connectivity index (χ1) is 10.3. The lowest BCUT2D eigenvalue weighted by molar-refractivity contribution is 0.530. The predicted molar refractivity (Wildman–Crippen MR) is 80.7 cm³/mol. The molecule has 21 heavy (non-hydrogen) atoms. The Morgan fingerprint density at radius 1 is 1.24 bits per heavy atom. The van der Waals surface area contributed by atoms with Crippen molar-refractivity contribution in [3.05, 3.63) is 48.0 Å². The van der Waals surface area contributed by atoms with Crippen LogP contribution in [0.3, 0.4) is 0 Å². The van der Waals surface area contributed by atoms with Crippen molar-refractivity contribution in [2.75, 3.05) is 6.54 Å². The van der Waals surface area contributed by atoms with Gasteiger partial charge in [-0.2, -0.15) is 0 Å². The summed E-state index contributed by atoms with van der Waals surface area (Å²) in [5.74, 6) is 0. The van der Waals surface area contributed by atoms with Gasteiger partial charge in [-0.25, -0.2) is 4.98 Å². The number of nitrogens with zero attached hydrogens (tertiary/aromatic N) is 5. The molecule has 3 aromatic rings. The van der Waals surface area contributed by atoms with Crippen LogP contribution in [0.15, 0.2) is 36.7 Å². The van der Waals surface area contributed by atoms with Crippen molar-refractivity contribution in [2.45, 2.75) is 19.4 Å². The monoisotopic (exact) mass is 282 g/mol. The van der Waals surface area contributed by atoms with Gasteiger partial charge < -0.3 is 5.32 Å². The Hall–Kier alpha value is -2.34. The van der Waals surface area contributed by atoms with Gasteiger partial charge in [0.2, 0.25) is 0 Å². The highest BCUT2D eigenvalue weighted by Crippen LogP contribution is 2.17. The second kappa shape index (κ2) is 5.97. The second-order valence-electron chi connectivity index (χ2n) is 4.98. The van der Waals surface area contributed by atoms with Crippen LogP contribution in [0.5, 0.6) is 0 Å². The maximum absolute atomic E-state index is 4.72. The Morgan fingerprint density at radius 2 is 2.05 bits per heavy atom. The molecule has 3 rings (SSSR count). The fourth-order valence-electron chi connectivity index (χ4n) is 2.37. The van der Waals surface area contributed by atoms with Gasteiger partial charge in [0.05, 0.1) is 34.7 Å². The average Bonchev–Trinajstić information content (AvgIpc) is 2.91. The molecule has 0 aliphatic rings. The van der Waals surface area contributed by atoms with E-state index < -0.39 is 0 Å². The van der Waals surface area contributed by atoms with Crippen LogP contribution in [0.4, 0.5) is 0 Å². The number of aromatic nitrogens is 5. The van der Waals surface area contributed by atoms with Crippen LogP contribution < -0.4 is 5.32 Å². The molecule has 108 valence electrons. The van der Waals surface area contributed by atoms with Crippen LogP contribution >= 0.6 is 0 Å². The van der Waals surface area contributed by atoms with Gasteiger partial charge in [-0.3, -0.25) is 9.67 Å². The number of fused-ring (bicyclic) bond motifs is 1. The number of benzene rings is 1. The molecule has 0 aliphatic heterocycles. The Morgan fingerprint density at radius 3 is 2.76 bits per heavy atom. The molecule has 0 radical (unpaired) electrons. The summed E-state index contributed by atoms with van der Waals surface area (Å²) in [4.78, 5) is 9.20. The molecule has 0 spiro atoms. The molecule has 0 saturated carbocycles. The first-order valence-electron chi connectivity index (χ1n) is 7.06. The minimum absolute atomic E-state index is 0.0869. The van der Waals surface area contributed by atoms with E-state index in [1.165, 1.54) is 0 Å². The molecule has 0 bridgehead atoms. The third kappa shape index (κ3) is 3.05. The summed E-state index contributed by atoms with van der Waals surface area (Å²) in [5, 5.41) is 11.6. The van der Waals surface area contributed by atoms with Gasteiger partial charge in [-0.05, 0) is 18.7 Å². The molecule has 0 amide bonds. The maximum atomic E-state index is 4.72. The minimum atomic E-state index is 0.0869. The van der Waals surface area contributed by atoms with Crippen LogP contribution in [-0.4, -0.2) is 31.5 Å². The van der Waals surface area contributed by atoms with Crippen LogP contribution in [-0.2, 0) is 13.5 Å². The molecule has 6 heteroatoms. The normalized spacial score (nSPS) is 12.7. The van der Waals surface area contributed by atoms with Crippen molar-refractivity contribution in [2.24, 2.45) is 7.05 Å². The van der Waals surface area contributed by atoms with Crippen LogP contribution in [0.1, 0.15) is 24.4 Å². The SMILES string of the molecule is CCNC(Cc1cn(C)nn1)c1cnc2ccccc2n1. The summed E-state index contributed by atoms with van der Waals surface area (Å²) < 4.78 is 1.71. The number of likely N-dealkylation sites (N-methyl/N-ethyl adjacent to an activating group) is 1. The maximum Gasteiger partial charge on any atom is 0.0890 e. The molecule has 0 fully saturated rings. The molecule has 0 aliphatic carbocycles. The van der Waals surface area contributed by atoms with E-state index in [9.17, 15) is 0 Å². The van der Waals surface area contributed by atoms with Gasteiger partial charge in [0.15, 0.2) is 0 Å². The predicted octanol–water partition coefficient (Wildman–Crippen LogP) is 1.65. The molecule has 6 nitrogen and oxygen atoms in total. The highest BCUT2D eigenvalue weighted by molar-refractivity contribution is 5.73. The third-order valence-corrected chi connectivity index (χ3v) is 3.34. The highest BCUT2D eigenvalue weighted by Gasteiger charge is 2.15. The van der Waals surface area contributed by atoms with Crippen molar-refractivity contribution in [3.8, 4) is 0 Å². The largest absolute Gasteiger partial charge is 0.309 e. The van der Waals surface area contributed by atoms with Crippen molar-refractivity contribution >= 4 is 11.0 Å². The minimum Gasteiger partial charge on any atom is -0.309 e. The van der Waals surface area contributed by atoms with Gasteiger partial charge in [0.1, 0.15) is 0 Å². The molecule has 0 saturated heterocycles. The summed E-state index contributed by atoms with van der Waals surface area (Å²) in [6, 6.07) is 7.99. The lowest BCUT2D eigenvalue weighted by atomic mass is 10.1. The number of rotatable bonds is 5. The molecule has 2 aromatic heterocycles. The Kier molecular flexibility index (Phi) is 3.87. The van der Waals surface area contributed by atoms with Crippen molar-refractivity contribution < 1.29 is 0 Å². The van der Waals surface area contributed by atoms with E-state index in [2.05, 4.69) is 27.5 Å². The summed E-state index contributed by atoms with van der Waals surface area (Å²) >= 11 is 0. The zero-order valence-electron chi connectivity index (χ0n) is 12.2. The van der Waals surface area contributed by atoms with Gasteiger partial charge in [0.25, 0.3) is 0 Å². The summed E-state index contributed by atoms with van der Waals surface area (Å²) in [5.41, 5.74) is 3.70. The molecule has 1 aromatic carbocycles. The highest BCUT2D eigenvalue weighted by atomic mass is 15.4. The van der Waals surface area contributed by atoms with Crippen molar-refractivity contribution in [1.29, 1.82) is 0 Å². The quantitative estimate of drug-likeness (QED) is 0.770. The smallest absolute Gasteiger partial charge is 0.0890 e. The van der Waals surface area contributed by atoms with E-state index in [0.29, 0.717) is 0 Å². The zero-order valence-corrected chi connectivity index (χ0v) is 12.2. The van der Waals surface area contributed by atoms with Gasteiger partial charge >= 0.3 is 0 Å². The number of hydrogen-bond acceptors (Lipinski definition) is 5. The summed E-state index contributed by atoms with van der Waals surface area (Å²) in [6.45, 7) is 2.94. The van der Waals surface area contributed by atoms with Crippen molar-refractivity contribution in [1.82, 2.24) is 30.3 Å². The van der Waals surface area contributed by atoms with E-state index in [4.69, 9.17) is 4.98 Å². The molecular formula is C15H18N6. The van der Waals surface area contributed by atoms with Crippen molar-refractivity contribution in [3.63, 3.8) is 0 Å². The van der Waals surface area contributed by atoms with E-state index in [0.717, 1.165) is 35.4 Å². The first-order valence-corrected chi connectivity index (χ1v) is 7.06. The fraction of sp³-hybridized carbons (Fsp3) is 0.333. The topological polar surface area (TPSA) is 68.5 Å². The molecule has 1 N–H and O–H groups in total. The first kappa shape index (κ1) is 13.6. The second-order valence-corrected chi connectivity index (χ2v) is 4.98. The van der Waals surface area contributed by atoms with Gasteiger partial charge in [0, 0.05) is 19.7 Å². The zero-order chi connectivity index (χ0) is 14.7. The van der Waals surface area contributed by atoms with Crippen LogP contribution in [0, 0.1) is 0 Å². The Labute approximate surface area is 123 Å². The van der Waals surface area contributed by atoms with E-state index in [-0.39, 0.29) is 6.04 Å². The van der Waals surface area contributed by atoms with E-state index in [1.807, 2.05) is 43.7 Å². The Balaban J connectivity index is 1.90. The lowest BCUT2D eigenvalue weighted by Gasteiger charge is -2.16. The average molecular weight is 282 g/mol. The number of para-hydroxylation sites is 2. The number of aryl methyl sites for hydroxylation is 1. The molecule has 1 unspecified atom stereocenters. The molecule has 2 heterocycles. The summed E-state index contributed by atoms with van der Waals surface area (Å²) in [7, 11) is 1.87. The van der Waals surface area contributed by atoms with Crippen LogP contribution in [0.25, 0.3) is 11.0 Å². The molecule has 1 atom stereocenters. The van der Waals surface area contributed by atoms with Crippen LogP contribution in [0.2, 0.25) is 0 Å². The van der Waals surface area contributed by atoms with E-state index in [1.54, 1.807) is 4.68 Å². The summed E-state index contributed by atoms with van der Waals surface area (Å²) in [6.07, 6.45) is 4.51. The van der Waals surface area contributed by atoms with Gasteiger partial charge in [-0.15, -0.1) is 5.10 Å². The Bertz CT molecular complexity index is 736. The number of hydrogen-bond donors (Lipinski definition) is 1. The number of nitrogens with one attached hydrogen (secondary N) is 1. The third-order valence-electron chi connectivity index (χ3n) is 3.34. The lowest BCUT2D eigenvalue weighted by Crippen LogP contribution is -2.24.